The summed E-state index contributed by atoms with van der Waals surface area (Å²) in [5, 5.41) is 2.99. The van der Waals surface area contributed by atoms with Gasteiger partial charge in [0.15, 0.2) is 0 Å². The third-order valence-corrected chi connectivity index (χ3v) is 4.05. The van der Waals surface area contributed by atoms with Crippen LogP contribution in [0.4, 0.5) is 0 Å². The van der Waals surface area contributed by atoms with E-state index in [9.17, 15) is 4.79 Å². The van der Waals surface area contributed by atoms with Crippen molar-refractivity contribution in [3.8, 4) is 0 Å². The third-order valence-electron chi connectivity index (χ3n) is 2.53. The standard InChI is InChI=1S/C11H19NOS/c1-3-4-5-8-12-10(13)11(2)7-6-9-14-11/h3-4H,5-9H2,1-2H3,(H,12,13)/b4-3+. The molecule has 0 aromatic heterocycles. The lowest BCUT2D eigenvalue weighted by molar-refractivity contribution is -0.123. The van der Waals surface area contributed by atoms with Crippen LogP contribution in [0.1, 0.15) is 33.1 Å². The molecule has 3 heteroatoms. The van der Waals surface area contributed by atoms with Crippen LogP contribution in [-0.4, -0.2) is 23.0 Å². The Balaban J connectivity index is 2.27. The summed E-state index contributed by atoms with van der Waals surface area (Å²) < 4.78 is -0.157. The fraction of sp³-hybridized carbons (Fsp3) is 0.727. The summed E-state index contributed by atoms with van der Waals surface area (Å²) in [5.74, 6) is 1.34. The van der Waals surface area contributed by atoms with Crippen LogP contribution in [-0.2, 0) is 4.79 Å². The molecule has 80 valence electrons. The highest BCUT2D eigenvalue weighted by Gasteiger charge is 2.36. The van der Waals surface area contributed by atoms with Gasteiger partial charge in [0.05, 0.1) is 4.75 Å². The van der Waals surface area contributed by atoms with E-state index in [1.807, 2.05) is 13.0 Å². The highest BCUT2D eigenvalue weighted by Crippen LogP contribution is 2.37. The van der Waals surface area contributed by atoms with Crippen molar-refractivity contribution >= 4 is 17.7 Å². The molecule has 1 aliphatic rings. The highest BCUT2D eigenvalue weighted by molar-refractivity contribution is 8.01. The SMILES string of the molecule is C/C=C/CCNC(=O)C1(C)CCCS1. The summed E-state index contributed by atoms with van der Waals surface area (Å²) >= 11 is 1.79. The largest absolute Gasteiger partial charge is 0.355 e. The molecule has 1 amide bonds. The molecule has 0 bridgehead atoms. The number of amides is 1. The van der Waals surface area contributed by atoms with Gasteiger partial charge in [-0.15, -0.1) is 11.8 Å². The molecule has 0 radical (unpaired) electrons. The molecular weight excluding hydrogens is 194 g/mol. The number of hydrogen-bond acceptors (Lipinski definition) is 2. The zero-order chi connectivity index (χ0) is 10.4. The van der Waals surface area contributed by atoms with Crippen LogP contribution in [0.25, 0.3) is 0 Å². The van der Waals surface area contributed by atoms with Gasteiger partial charge in [-0.1, -0.05) is 12.2 Å². The predicted molar refractivity (Wildman–Crippen MR) is 62.5 cm³/mol. The van der Waals surface area contributed by atoms with E-state index < -0.39 is 0 Å². The Hall–Kier alpha value is -0.440. The summed E-state index contributed by atoms with van der Waals surface area (Å²) in [6.45, 7) is 4.81. The first kappa shape index (κ1) is 11.6. The molecule has 0 aromatic carbocycles. The smallest absolute Gasteiger partial charge is 0.235 e. The second-order valence-electron chi connectivity index (χ2n) is 3.80. The van der Waals surface area contributed by atoms with Gasteiger partial charge in [0, 0.05) is 6.54 Å². The first-order chi connectivity index (χ1) is 6.69. The Morgan fingerprint density at radius 2 is 2.43 bits per heavy atom. The lowest BCUT2D eigenvalue weighted by atomic mass is 10.1. The number of carbonyl (C=O) groups excluding carboxylic acids is 1. The molecule has 1 heterocycles. The van der Waals surface area contributed by atoms with Crippen molar-refractivity contribution in [2.45, 2.75) is 37.9 Å². The minimum absolute atomic E-state index is 0.157. The van der Waals surface area contributed by atoms with Crippen molar-refractivity contribution in [3.63, 3.8) is 0 Å². The molecule has 1 unspecified atom stereocenters. The zero-order valence-electron chi connectivity index (χ0n) is 9.01. The quantitative estimate of drug-likeness (QED) is 0.574. The van der Waals surface area contributed by atoms with E-state index in [0.29, 0.717) is 0 Å². The van der Waals surface area contributed by atoms with Crippen molar-refractivity contribution in [2.24, 2.45) is 0 Å². The van der Waals surface area contributed by atoms with E-state index >= 15 is 0 Å². The lowest BCUT2D eigenvalue weighted by Gasteiger charge is -2.21. The van der Waals surface area contributed by atoms with Gasteiger partial charge < -0.3 is 5.32 Å². The van der Waals surface area contributed by atoms with Gasteiger partial charge in [0.25, 0.3) is 0 Å². The summed E-state index contributed by atoms with van der Waals surface area (Å²) in [5.41, 5.74) is 0. The molecule has 0 saturated carbocycles. The Bertz CT molecular complexity index is 219. The van der Waals surface area contributed by atoms with Crippen molar-refractivity contribution in [3.05, 3.63) is 12.2 Å². The number of hydrogen-bond donors (Lipinski definition) is 1. The average Bonchev–Trinajstić information content (AvgIpc) is 2.61. The third kappa shape index (κ3) is 3.05. The molecular formula is C11H19NOS. The minimum Gasteiger partial charge on any atom is -0.355 e. The molecule has 1 fully saturated rings. The molecule has 1 rings (SSSR count). The molecule has 0 aliphatic carbocycles. The molecule has 1 N–H and O–H groups in total. The van der Waals surface area contributed by atoms with E-state index in [1.165, 1.54) is 6.42 Å². The van der Waals surface area contributed by atoms with Crippen LogP contribution in [0.3, 0.4) is 0 Å². The molecule has 2 nitrogen and oxygen atoms in total. The van der Waals surface area contributed by atoms with E-state index in [0.717, 1.165) is 25.1 Å². The average molecular weight is 213 g/mol. The van der Waals surface area contributed by atoms with Crippen LogP contribution in [0.5, 0.6) is 0 Å². The number of thioether (sulfide) groups is 1. The number of rotatable bonds is 4. The summed E-state index contributed by atoms with van der Waals surface area (Å²) in [4.78, 5) is 11.8. The predicted octanol–water partition coefficient (Wildman–Crippen LogP) is 2.35. The van der Waals surface area contributed by atoms with Gasteiger partial charge in [-0.3, -0.25) is 4.79 Å². The fourth-order valence-corrected chi connectivity index (χ4v) is 2.81. The number of nitrogens with one attached hydrogen (secondary N) is 1. The van der Waals surface area contributed by atoms with Crippen LogP contribution in [0, 0.1) is 0 Å². The van der Waals surface area contributed by atoms with Crippen molar-refractivity contribution in [1.29, 1.82) is 0 Å². The molecule has 14 heavy (non-hydrogen) atoms. The fourth-order valence-electron chi connectivity index (χ4n) is 1.58. The zero-order valence-corrected chi connectivity index (χ0v) is 9.82. The van der Waals surface area contributed by atoms with E-state index in [1.54, 1.807) is 11.8 Å². The molecule has 1 atom stereocenters. The van der Waals surface area contributed by atoms with Crippen molar-refractivity contribution in [2.75, 3.05) is 12.3 Å². The van der Waals surface area contributed by atoms with E-state index in [-0.39, 0.29) is 10.7 Å². The Morgan fingerprint density at radius 1 is 1.64 bits per heavy atom. The maximum atomic E-state index is 11.8. The van der Waals surface area contributed by atoms with Crippen molar-refractivity contribution < 1.29 is 4.79 Å². The first-order valence-corrected chi connectivity index (χ1v) is 6.21. The number of allylic oxidation sites excluding steroid dienone is 1. The second kappa shape index (κ2) is 5.44. The van der Waals surface area contributed by atoms with Crippen LogP contribution < -0.4 is 5.32 Å². The van der Waals surface area contributed by atoms with Crippen LogP contribution in [0.15, 0.2) is 12.2 Å². The Morgan fingerprint density at radius 3 is 3.00 bits per heavy atom. The second-order valence-corrected chi connectivity index (χ2v) is 5.39. The summed E-state index contributed by atoms with van der Waals surface area (Å²) in [7, 11) is 0. The Labute approximate surface area is 90.5 Å². The maximum Gasteiger partial charge on any atom is 0.235 e. The van der Waals surface area contributed by atoms with Crippen LogP contribution in [0.2, 0.25) is 0 Å². The van der Waals surface area contributed by atoms with Gasteiger partial charge in [0.2, 0.25) is 5.91 Å². The topological polar surface area (TPSA) is 29.1 Å². The van der Waals surface area contributed by atoms with Crippen LogP contribution >= 0.6 is 11.8 Å². The minimum atomic E-state index is -0.157. The first-order valence-electron chi connectivity index (χ1n) is 5.22. The summed E-state index contributed by atoms with van der Waals surface area (Å²) in [6.07, 6.45) is 7.21. The molecule has 0 spiro atoms. The highest BCUT2D eigenvalue weighted by atomic mass is 32.2. The number of carbonyl (C=O) groups is 1. The van der Waals surface area contributed by atoms with E-state index in [2.05, 4.69) is 18.3 Å². The lowest BCUT2D eigenvalue weighted by Crippen LogP contribution is -2.40. The molecule has 1 saturated heterocycles. The van der Waals surface area contributed by atoms with Gasteiger partial charge in [-0.25, -0.2) is 0 Å². The molecule has 0 aromatic rings. The van der Waals surface area contributed by atoms with Gasteiger partial charge in [-0.05, 0) is 38.9 Å². The monoisotopic (exact) mass is 213 g/mol. The molecule has 1 aliphatic heterocycles. The van der Waals surface area contributed by atoms with Gasteiger partial charge in [0.1, 0.15) is 0 Å². The van der Waals surface area contributed by atoms with E-state index in [4.69, 9.17) is 0 Å². The van der Waals surface area contributed by atoms with Crippen molar-refractivity contribution in [1.82, 2.24) is 5.32 Å². The normalized spacial score (nSPS) is 27.0. The van der Waals surface area contributed by atoms with Gasteiger partial charge in [-0.2, -0.15) is 0 Å². The Kier molecular flexibility index (Phi) is 4.52. The maximum absolute atomic E-state index is 11.8. The van der Waals surface area contributed by atoms with Gasteiger partial charge >= 0.3 is 0 Å². The summed E-state index contributed by atoms with van der Waals surface area (Å²) in [6, 6.07) is 0.